The van der Waals surface area contributed by atoms with Crippen LogP contribution in [0.25, 0.3) is 0 Å². The van der Waals surface area contributed by atoms with E-state index in [2.05, 4.69) is 17.6 Å². The molecule has 0 aromatic heterocycles. The second-order valence-electron chi connectivity index (χ2n) is 6.51. The van der Waals surface area contributed by atoms with Crippen molar-refractivity contribution in [2.75, 3.05) is 0 Å². The van der Waals surface area contributed by atoms with Gasteiger partial charge in [0.05, 0.1) is 5.92 Å². The molecule has 120 valence electrons. The van der Waals surface area contributed by atoms with Crippen molar-refractivity contribution < 1.29 is 14.7 Å². The first-order valence-corrected chi connectivity index (χ1v) is 8.41. The molecule has 2 aliphatic rings. The molecule has 5 heteroatoms. The summed E-state index contributed by atoms with van der Waals surface area (Å²) in [6.07, 6.45) is 9.46. The van der Waals surface area contributed by atoms with Crippen LogP contribution in [0.3, 0.4) is 0 Å². The Balaban J connectivity index is 1.83. The van der Waals surface area contributed by atoms with Gasteiger partial charge in [-0.2, -0.15) is 0 Å². The summed E-state index contributed by atoms with van der Waals surface area (Å²) < 4.78 is 0. The van der Waals surface area contributed by atoms with E-state index < -0.39 is 11.9 Å². The predicted molar refractivity (Wildman–Crippen MR) is 81.1 cm³/mol. The maximum atomic E-state index is 12.2. The number of aliphatic carboxylic acids is 1. The number of rotatable bonds is 5. The third kappa shape index (κ3) is 4.35. The lowest BCUT2D eigenvalue weighted by Crippen LogP contribution is -2.50. The Morgan fingerprint density at radius 3 is 2.43 bits per heavy atom. The van der Waals surface area contributed by atoms with Crippen LogP contribution in [0.5, 0.6) is 0 Å². The first-order valence-electron chi connectivity index (χ1n) is 8.41. The predicted octanol–water partition coefficient (Wildman–Crippen LogP) is 2.90. The summed E-state index contributed by atoms with van der Waals surface area (Å²) in [5.74, 6) is -0.643. The highest BCUT2D eigenvalue weighted by Gasteiger charge is 2.34. The fraction of sp³-hybridized carbons (Fsp3) is 0.875. The number of carboxylic acid groups (broad SMARTS) is 1. The van der Waals surface area contributed by atoms with Crippen LogP contribution in [0.4, 0.5) is 4.79 Å². The van der Waals surface area contributed by atoms with E-state index in [-0.39, 0.29) is 18.1 Å². The van der Waals surface area contributed by atoms with Crippen LogP contribution in [-0.4, -0.2) is 29.2 Å². The van der Waals surface area contributed by atoms with Gasteiger partial charge in [0.25, 0.3) is 0 Å². The zero-order valence-corrected chi connectivity index (χ0v) is 12.9. The van der Waals surface area contributed by atoms with Crippen LogP contribution in [0, 0.1) is 11.8 Å². The Morgan fingerprint density at radius 2 is 1.81 bits per heavy atom. The second-order valence-corrected chi connectivity index (χ2v) is 6.51. The smallest absolute Gasteiger partial charge is 0.315 e. The zero-order chi connectivity index (χ0) is 15.2. The molecule has 0 saturated heterocycles. The highest BCUT2D eigenvalue weighted by molar-refractivity contribution is 5.77. The van der Waals surface area contributed by atoms with E-state index in [1.54, 1.807) is 0 Å². The van der Waals surface area contributed by atoms with Gasteiger partial charge in [-0.1, -0.05) is 32.6 Å². The van der Waals surface area contributed by atoms with Crippen molar-refractivity contribution in [2.45, 2.75) is 76.8 Å². The Hall–Kier alpha value is -1.26. The molecule has 0 aromatic carbocycles. The van der Waals surface area contributed by atoms with Crippen LogP contribution in [0.2, 0.25) is 0 Å². The Bertz CT molecular complexity index is 367. The van der Waals surface area contributed by atoms with Crippen molar-refractivity contribution in [3.63, 3.8) is 0 Å². The Morgan fingerprint density at radius 1 is 1.10 bits per heavy atom. The van der Waals surface area contributed by atoms with Crippen molar-refractivity contribution in [1.82, 2.24) is 10.6 Å². The highest BCUT2D eigenvalue weighted by atomic mass is 16.4. The molecule has 2 aliphatic carbocycles. The van der Waals surface area contributed by atoms with Gasteiger partial charge in [-0.15, -0.1) is 0 Å². The summed E-state index contributed by atoms with van der Waals surface area (Å²) >= 11 is 0. The lowest BCUT2D eigenvalue weighted by atomic mass is 9.83. The molecule has 0 heterocycles. The van der Waals surface area contributed by atoms with E-state index in [0.717, 1.165) is 19.3 Å². The molecule has 21 heavy (non-hydrogen) atoms. The molecule has 0 bridgehead atoms. The fourth-order valence-electron chi connectivity index (χ4n) is 3.90. The van der Waals surface area contributed by atoms with Gasteiger partial charge in [0, 0.05) is 12.1 Å². The average Bonchev–Trinajstić information content (AvgIpc) is 2.94. The first-order chi connectivity index (χ1) is 10.1. The normalized spacial score (nSPS) is 28.0. The van der Waals surface area contributed by atoms with E-state index in [1.807, 2.05) is 0 Å². The number of carboxylic acids is 1. The van der Waals surface area contributed by atoms with Crippen LogP contribution >= 0.6 is 0 Å². The molecule has 2 fully saturated rings. The fourth-order valence-corrected chi connectivity index (χ4v) is 3.90. The number of urea groups is 1. The molecular formula is C16H28N2O3. The van der Waals surface area contributed by atoms with Crippen molar-refractivity contribution in [3.05, 3.63) is 0 Å². The van der Waals surface area contributed by atoms with E-state index in [1.165, 1.54) is 32.1 Å². The van der Waals surface area contributed by atoms with Gasteiger partial charge in [0.1, 0.15) is 0 Å². The van der Waals surface area contributed by atoms with Gasteiger partial charge in [-0.3, -0.25) is 4.79 Å². The SMILES string of the molecule is CCC(NC(=O)NC1CCCC1C(=O)O)C1CCCCC1. The lowest BCUT2D eigenvalue weighted by molar-refractivity contribution is -0.142. The van der Waals surface area contributed by atoms with Crippen LogP contribution in [-0.2, 0) is 4.79 Å². The van der Waals surface area contributed by atoms with E-state index in [4.69, 9.17) is 5.11 Å². The number of hydrogen-bond acceptors (Lipinski definition) is 2. The van der Waals surface area contributed by atoms with Gasteiger partial charge >= 0.3 is 12.0 Å². The molecule has 5 nitrogen and oxygen atoms in total. The minimum absolute atomic E-state index is 0.189. The first kappa shape index (κ1) is 16.1. The Kier molecular flexibility index (Phi) is 5.88. The van der Waals surface area contributed by atoms with Crippen molar-refractivity contribution >= 4 is 12.0 Å². The molecule has 3 unspecified atom stereocenters. The number of nitrogens with one attached hydrogen (secondary N) is 2. The zero-order valence-electron chi connectivity index (χ0n) is 12.9. The third-order valence-corrected chi connectivity index (χ3v) is 5.12. The van der Waals surface area contributed by atoms with Crippen molar-refractivity contribution in [3.8, 4) is 0 Å². The quantitative estimate of drug-likeness (QED) is 0.730. The van der Waals surface area contributed by atoms with Crippen LogP contribution in [0.1, 0.15) is 64.7 Å². The van der Waals surface area contributed by atoms with Crippen molar-refractivity contribution in [2.24, 2.45) is 11.8 Å². The molecule has 2 rings (SSSR count). The number of amides is 2. The highest BCUT2D eigenvalue weighted by Crippen LogP contribution is 2.28. The molecule has 3 atom stereocenters. The average molecular weight is 296 g/mol. The largest absolute Gasteiger partial charge is 0.481 e. The summed E-state index contributed by atoms with van der Waals surface area (Å²) in [7, 11) is 0. The monoisotopic (exact) mass is 296 g/mol. The molecule has 0 aromatic rings. The molecular weight excluding hydrogens is 268 g/mol. The molecule has 0 spiro atoms. The minimum atomic E-state index is -0.794. The van der Waals surface area contributed by atoms with Gasteiger partial charge in [-0.25, -0.2) is 4.79 Å². The third-order valence-electron chi connectivity index (χ3n) is 5.12. The molecule has 0 radical (unpaired) electrons. The standard InChI is InChI=1S/C16H28N2O3/c1-2-13(11-7-4-3-5-8-11)17-16(21)18-14-10-6-9-12(14)15(19)20/h11-14H,2-10H2,1H3,(H,19,20)(H2,17,18,21). The minimum Gasteiger partial charge on any atom is -0.481 e. The van der Waals surface area contributed by atoms with Gasteiger partial charge in [-0.05, 0) is 38.0 Å². The second kappa shape index (κ2) is 7.66. The topological polar surface area (TPSA) is 78.4 Å². The molecule has 3 N–H and O–H groups in total. The maximum absolute atomic E-state index is 12.2. The summed E-state index contributed by atoms with van der Waals surface area (Å²) in [6, 6.07) is -0.188. The van der Waals surface area contributed by atoms with Gasteiger partial charge in [0.2, 0.25) is 0 Å². The van der Waals surface area contributed by atoms with Gasteiger partial charge in [0.15, 0.2) is 0 Å². The van der Waals surface area contributed by atoms with Crippen LogP contribution in [0.15, 0.2) is 0 Å². The maximum Gasteiger partial charge on any atom is 0.315 e. The number of carbonyl (C=O) groups excluding carboxylic acids is 1. The molecule has 2 saturated carbocycles. The van der Waals surface area contributed by atoms with Crippen LogP contribution < -0.4 is 10.6 Å². The summed E-state index contributed by atoms with van der Waals surface area (Å²) in [6.45, 7) is 2.11. The molecule has 2 amide bonds. The number of hydrogen-bond donors (Lipinski definition) is 3. The van der Waals surface area contributed by atoms with E-state index in [9.17, 15) is 9.59 Å². The number of carbonyl (C=O) groups is 2. The summed E-state index contributed by atoms with van der Waals surface area (Å²) in [5.41, 5.74) is 0. The van der Waals surface area contributed by atoms with Crippen molar-refractivity contribution in [1.29, 1.82) is 0 Å². The van der Waals surface area contributed by atoms with E-state index in [0.29, 0.717) is 12.3 Å². The lowest BCUT2D eigenvalue weighted by Gasteiger charge is -2.31. The molecule has 0 aliphatic heterocycles. The summed E-state index contributed by atoms with van der Waals surface area (Å²) in [4.78, 5) is 23.3. The summed E-state index contributed by atoms with van der Waals surface area (Å²) in [5, 5.41) is 15.1. The van der Waals surface area contributed by atoms with E-state index >= 15 is 0 Å². The Labute approximate surface area is 126 Å². The van der Waals surface area contributed by atoms with Gasteiger partial charge < -0.3 is 15.7 Å².